The van der Waals surface area contributed by atoms with Crippen LogP contribution in [0.15, 0.2) is 53.6 Å². The molecule has 1 N–H and O–H groups in total. The van der Waals surface area contributed by atoms with Gasteiger partial charge in [0.1, 0.15) is 4.32 Å². The second-order valence-corrected chi connectivity index (χ2v) is 11.2. The molecule has 1 aromatic heterocycles. The van der Waals surface area contributed by atoms with Crippen LogP contribution < -0.4 is 14.8 Å². The van der Waals surface area contributed by atoms with E-state index in [1.54, 1.807) is 43.5 Å². The molecule has 3 aromatic rings. The molecular weight excluding hydrogens is 527 g/mol. The highest BCUT2D eigenvalue weighted by Crippen LogP contribution is 2.35. The molecule has 0 radical (unpaired) electrons. The Balaban J connectivity index is 1.27. The lowest BCUT2D eigenvalue weighted by atomic mass is 10.1. The zero-order valence-electron chi connectivity index (χ0n) is 20.8. The SMILES string of the molecule is COc1ccc(/C=C2\SC(=S)N(CCCC(=O)Nc3ncc(Cc4ccc(C)cc4)s3)C2=O)cc1OC. The van der Waals surface area contributed by atoms with Crippen molar-refractivity contribution in [3.63, 3.8) is 0 Å². The van der Waals surface area contributed by atoms with Gasteiger partial charge >= 0.3 is 0 Å². The number of thiocarbonyl (C=S) groups is 1. The van der Waals surface area contributed by atoms with Crippen LogP contribution in [0.5, 0.6) is 11.5 Å². The molecule has 2 aromatic carbocycles. The molecule has 7 nitrogen and oxygen atoms in total. The number of carbonyl (C=O) groups excluding carboxylic acids is 2. The van der Waals surface area contributed by atoms with E-state index in [9.17, 15) is 9.59 Å². The monoisotopic (exact) mass is 553 g/mol. The quantitative estimate of drug-likeness (QED) is 0.256. The summed E-state index contributed by atoms with van der Waals surface area (Å²) < 4.78 is 11.1. The van der Waals surface area contributed by atoms with E-state index < -0.39 is 0 Å². The summed E-state index contributed by atoms with van der Waals surface area (Å²) in [6.45, 7) is 2.43. The number of carbonyl (C=O) groups is 2. The van der Waals surface area contributed by atoms with Crippen LogP contribution in [-0.2, 0) is 16.0 Å². The van der Waals surface area contributed by atoms with Crippen molar-refractivity contribution in [1.29, 1.82) is 0 Å². The lowest BCUT2D eigenvalue weighted by Gasteiger charge is -2.13. The molecule has 0 atom stereocenters. The fourth-order valence-electron chi connectivity index (χ4n) is 3.72. The Morgan fingerprint density at radius 2 is 1.89 bits per heavy atom. The van der Waals surface area contributed by atoms with Gasteiger partial charge in [-0.05, 0) is 42.7 Å². The highest BCUT2D eigenvalue weighted by molar-refractivity contribution is 8.26. The number of rotatable bonds is 10. The fourth-order valence-corrected chi connectivity index (χ4v) is 5.89. The Labute approximate surface area is 229 Å². The van der Waals surface area contributed by atoms with Crippen molar-refractivity contribution >= 4 is 62.7 Å². The number of ether oxygens (including phenoxy) is 2. The van der Waals surface area contributed by atoms with Crippen molar-refractivity contribution in [3.05, 3.63) is 75.1 Å². The average Bonchev–Trinajstić information content (AvgIpc) is 3.43. The number of hydrogen-bond acceptors (Lipinski definition) is 8. The summed E-state index contributed by atoms with van der Waals surface area (Å²) in [4.78, 5) is 32.9. The van der Waals surface area contributed by atoms with Gasteiger partial charge in [0.2, 0.25) is 5.91 Å². The van der Waals surface area contributed by atoms with Gasteiger partial charge < -0.3 is 14.8 Å². The minimum absolute atomic E-state index is 0.137. The Bertz CT molecular complexity index is 1330. The van der Waals surface area contributed by atoms with E-state index in [0.717, 1.165) is 16.9 Å². The number of aryl methyl sites for hydroxylation is 1. The predicted molar refractivity (Wildman–Crippen MR) is 153 cm³/mol. The van der Waals surface area contributed by atoms with Crippen molar-refractivity contribution in [1.82, 2.24) is 9.88 Å². The summed E-state index contributed by atoms with van der Waals surface area (Å²) in [6, 6.07) is 13.8. The first-order valence-corrected chi connectivity index (χ1v) is 13.7. The first-order valence-electron chi connectivity index (χ1n) is 11.6. The minimum atomic E-state index is -0.161. The molecule has 37 heavy (non-hydrogen) atoms. The zero-order valence-corrected chi connectivity index (χ0v) is 23.2. The molecule has 0 unspecified atom stereocenters. The number of nitrogens with zero attached hydrogens (tertiary/aromatic N) is 2. The van der Waals surface area contributed by atoms with Gasteiger partial charge in [-0.3, -0.25) is 14.5 Å². The molecule has 2 amide bonds. The van der Waals surface area contributed by atoms with Crippen LogP contribution in [0.3, 0.4) is 0 Å². The van der Waals surface area contributed by atoms with Gasteiger partial charge in [-0.25, -0.2) is 4.98 Å². The minimum Gasteiger partial charge on any atom is -0.493 e. The lowest BCUT2D eigenvalue weighted by Crippen LogP contribution is -2.29. The average molecular weight is 554 g/mol. The first kappa shape index (κ1) is 26.8. The molecule has 4 rings (SSSR count). The molecular formula is C27H27N3O4S3. The smallest absolute Gasteiger partial charge is 0.266 e. The Kier molecular flexibility index (Phi) is 8.96. The summed E-state index contributed by atoms with van der Waals surface area (Å²) in [6.07, 6.45) is 5.11. The number of thioether (sulfide) groups is 1. The highest BCUT2D eigenvalue weighted by atomic mass is 32.2. The van der Waals surface area contributed by atoms with Crippen LogP contribution in [-0.4, -0.2) is 46.8 Å². The van der Waals surface area contributed by atoms with Crippen molar-refractivity contribution in [2.45, 2.75) is 26.2 Å². The maximum Gasteiger partial charge on any atom is 0.266 e. The molecule has 192 valence electrons. The number of amides is 2. The van der Waals surface area contributed by atoms with Gasteiger partial charge in [0.25, 0.3) is 5.91 Å². The van der Waals surface area contributed by atoms with E-state index in [1.807, 2.05) is 6.07 Å². The second-order valence-electron chi connectivity index (χ2n) is 8.39. The molecule has 0 spiro atoms. The standard InChI is InChI=1S/C27H27N3O4S3/c1-17-6-8-18(9-7-17)13-20-16-28-26(36-20)29-24(31)5-4-12-30-25(32)23(37-27(30)35)15-19-10-11-21(33-2)22(14-19)34-3/h6-11,14-16H,4-5,12-13H2,1-3H3,(H,28,29,31)/b23-15-. The number of aromatic nitrogens is 1. The van der Waals surface area contributed by atoms with Gasteiger partial charge in [-0.2, -0.15) is 0 Å². The maximum atomic E-state index is 12.9. The Hall–Kier alpha value is -3.21. The van der Waals surface area contributed by atoms with Crippen LogP contribution in [0.25, 0.3) is 6.08 Å². The fraction of sp³-hybridized carbons (Fsp3) is 0.259. The number of hydrogen-bond donors (Lipinski definition) is 1. The van der Waals surface area contributed by atoms with Crippen molar-refractivity contribution < 1.29 is 19.1 Å². The van der Waals surface area contributed by atoms with E-state index in [1.165, 1.54) is 34.2 Å². The third-order valence-corrected chi connectivity index (χ3v) is 7.95. The Morgan fingerprint density at radius 1 is 1.14 bits per heavy atom. The maximum absolute atomic E-state index is 12.9. The van der Waals surface area contributed by atoms with Crippen LogP contribution >= 0.6 is 35.3 Å². The number of benzene rings is 2. The summed E-state index contributed by atoms with van der Waals surface area (Å²) in [5, 5.41) is 3.44. The van der Waals surface area contributed by atoms with Crippen molar-refractivity contribution in [2.75, 3.05) is 26.1 Å². The summed E-state index contributed by atoms with van der Waals surface area (Å²) in [5.41, 5.74) is 3.24. The van der Waals surface area contributed by atoms with Crippen LogP contribution in [0.2, 0.25) is 0 Å². The third kappa shape index (κ3) is 6.97. The van der Waals surface area contributed by atoms with Crippen LogP contribution in [0.4, 0.5) is 5.13 Å². The van der Waals surface area contributed by atoms with Crippen LogP contribution in [0.1, 0.15) is 34.4 Å². The molecule has 0 aliphatic carbocycles. The number of nitrogens with one attached hydrogen (secondary N) is 1. The van der Waals surface area contributed by atoms with Gasteiger partial charge in [-0.1, -0.05) is 59.9 Å². The first-order chi connectivity index (χ1) is 17.9. The summed E-state index contributed by atoms with van der Waals surface area (Å²) in [7, 11) is 3.14. The third-order valence-electron chi connectivity index (χ3n) is 5.66. The second kappa shape index (κ2) is 12.4. The van der Waals surface area contributed by atoms with Gasteiger partial charge in [0, 0.05) is 30.5 Å². The summed E-state index contributed by atoms with van der Waals surface area (Å²) >= 11 is 8.14. The van der Waals surface area contributed by atoms with E-state index in [0.29, 0.717) is 38.8 Å². The van der Waals surface area contributed by atoms with E-state index in [4.69, 9.17) is 21.7 Å². The van der Waals surface area contributed by atoms with E-state index in [2.05, 4.69) is 41.5 Å². The number of thiazole rings is 1. The number of anilines is 1. The highest BCUT2D eigenvalue weighted by Gasteiger charge is 2.31. The summed E-state index contributed by atoms with van der Waals surface area (Å²) in [5.74, 6) is 0.902. The van der Waals surface area contributed by atoms with Gasteiger partial charge in [0.05, 0.1) is 19.1 Å². The molecule has 2 heterocycles. The normalized spacial score (nSPS) is 14.4. The number of methoxy groups -OCH3 is 2. The Morgan fingerprint density at radius 3 is 2.62 bits per heavy atom. The van der Waals surface area contributed by atoms with E-state index in [-0.39, 0.29) is 18.2 Å². The van der Waals surface area contributed by atoms with Gasteiger partial charge in [0.15, 0.2) is 16.6 Å². The van der Waals surface area contributed by atoms with Gasteiger partial charge in [-0.15, -0.1) is 11.3 Å². The molecule has 0 bridgehead atoms. The lowest BCUT2D eigenvalue weighted by molar-refractivity contribution is -0.122. The van der Waals surface area contributed by atoms with E-state index >= 15 is 0 Å². The molecule has 0 saturated carbocycles. The molecule has 1 aliphatic heterocycles. The van der Waals surface area contributed by atoms with Crippen LogP contribution in [0, 0.1) is 6.92 Å². The van der Waals surface area contributed by atoms with Crippen molar-refractivity contribution in [2.24, 2.45) is 0 Å². The topological polar surface area (TPSA) is 80.8 Å². The molecule has 1 saturated heterocycles. The predicted octanol–water partition coefficient (Wildman–Crippen LogP) is 5.68. The molecule has 1 aliphatic rings. The zero-order chi connectivity index (χ0) is 26.4. The molecule has 10 heteroatoms. The van der Waals surface area contributed by atoms with Crippen molar-refractivity contribution in [3.8, 4) is 11.5 Å². The molecule has 1 fully saturated rings. The largest absolute Gasteiger partial charge is 0.493 e.